The van der Waals surface area contributed by atoms with Crippen LogP contribution >= 0.6 is 0 Å². The number of nitrogens with zero attached hydrogens (tertiary/aromatic N) is 1. The Morgan fingerprint density at radius 1 is 1.14 bits per heavy atom. The Morgan fingerprint density at radius 2 is 1.73 bits per heavy atom. The van der Waals surface area contributed by atoms with Crippen LogP contribution in [0.5, 0.6) is 0 Å². The number of carboxylic acids is 1. The molecule has 1 aliphatic heterocycles. The quantitative estimate of drug-likeness (QED) is 0.868. The van der Waals surface area contributed by atoms with Crippen molar-refractivity contribution in [1.82, 2.24) is 4.90 Å². The van der Waals surface area contributed by atoms with Crippen LogP contribution in [0.3, 0.4) is 0 Å². The zero-order valence-electron chi connectivity index (χ0n) is 12.9. The molecule has 1 N–H and O–H groups in total. The van der Waals surface area contributed by atoms with Crippen LogP contribution in [0.1, 0.15) is 53.8 Å². The number of Topliss-reactive ketones (excluding diaryl/α,β-unsaturated/α-hetero) is 1. The van der Waals surface area contributed by atoms with Gasteiger partial charge in [0, 0.05) is 30.1 Å². The molecule has 1 heterocycles. The summed E-state index contributed by atoms with van der Waals surface area (Å²) >= 11 is 0. The number of rotatable bonds is 4. The first kappa shape index (κ1) is 16.2. The molecule has 0 bridgehead atoms. The van der Waals surface area contributed by atoms with E-state index < -0.39 is 11.9 Å². The molecule has 1 saturated heterocycles. The lowest BCUT2D eigenvalue weighted by molar-refractivity contribution is -0.143. The van der Waals surface area contributed by atoms with E-state index in [1.807, 2.05) is 6.92 Å². The number of carbonyl (C=O) groups is 3. The molecule has 0 aliphatic carbocycles. The first-order valence-electron chi connectivity index (χ1n) is 7.61. The van der Waals surface area contributed by atoms with Gasteiger partial charge in [-0.1, -0.05) is 19.1 Å². The smallest absolute Gasteiger partial charge is 0.308 e. The molecule has 0 aromatic heterocycles. The summed E-state index contributed by atoms with van der Waals surface area (Å²) in [5, 5.41) is 9.14. The summed E-state index contributed by atoms with van der Waals surface area (Å²) in [6.07, 6.45) is 1.72. The van der Waals surface area contributed by atoms with Crippen LogP contribution in [-0.4, -0.2) is 40.3 Å². The predicted molar refractivity (Wildman–Crippen MR) is 81.9 cm³/mol. The normalized spacial score (nSPS) is 21.5. The number of carboxylic acid groups (broad SMARTS) is 1. The van der Waals surface area contributed by atoms with Gasteiger partial charge in [-0.05, 0) is 31.9 Å². The maximum Gasteiger partial charge on any atom is 0.308 e. The highest BCUT2D eigenvalue weighted by Crippen LogP contribution is 2.24. The highest BCUT2D eigenvalue weighted by atomic mass is 16.4. The molecular weight excluding hydrogens is 282 g/mol. The maximum absolute atomic E-state index is 12.6. The summed E-state index contributed by atoms with van der Waals surface area (Å²) in [6, 6.07) is 6.62. The first-order valence-corrected chi connectivity index (χ1v) is 7.61. The number of ketones is 1. The van der Waals surface area contributed by atoms with Crippen molar-refractivity contribution in [3.8, 4) is 0 Å². The Labute approximate surface area is 129 Å². The molecule has 22 heavy (non-hydrogen) atoms. The Balaban J connectivity index is 2.15. The van der Waals surface area contributed by atoms with Gasteiger partial charge in [-0.15, -0.1) is 0 Å². The molecule has 5 nitrogen and oxygen atoms in total. The van der Waals surface area contributed by atoms with Gasteiger partial charge in [0.25, 0.3) is 5.91 Å². The third-order valence-electron chi connectivity index (χ3n) is 4.27. The first-order chi connectivity index (χ1) is 10.4. The molecular formula is C17H21NO4. The molecule has 0 radical (unpaired) electrons. The lowest BCUT2D eigenvalue weighted by atomic mass is 9.93. The number of aliphatic carboxylic acids is 1. The number of carbonyl (C=O) groups excluding carboxylic acids is 2. The number of benzene rings is 1. The number of amides is 1. The van der Waals surface area contributed by atoms with E-state index in [-0.39, 0.29) is 24.3 Å². The van der Waals surface area contributed by atoms with Crippen LogP contribution in [0.4, 0.5) is 0 Å². The molecule has 0 saturated carbocycles. The highest BCUT2D eigenvalue weighted by molar-refractivity contribution is 5.98. The molecule has 1 aromatic rings. The van der Waals surface area contributed by atoms with Crippen LogP contribution in [0.25, 0.3) is 0 Å². The van der Waals surface area contributed by atoms with Gasteiger partial charge >= 0.3 is 5.97 Å². The Hall–Kier alpha value is -2.17. The third-order valence-corrected chi connectivity index (χ3v) is 4.27. The lowest BCUT2D eigenvalue weighted by Gasteiger charge is -2.36. The van der Waals surface area contributed by atoms with Gasteiger partial charge in [-0.25, -0.2) is 0 Å². The fourth-order valence-corrected chi connectivity index (χ4v) is 2.76. The zero-order valence-corrected chi connectivity index (χ0v) is 12.9. The van der Waals surface area contributed by atoms with Gasteiger partial charge in [0.05, 0.1) is 5.92 Å². The fraction of sp³-hybridized carbons (Fsp3) is 0.471. The van der Waals surface area contributed by atoms with Crippen molar-refractivity contribution in [3.63, 3.8) is 0 Å². The molecule has 2 rings (SSSR count). The molecule has 118 valence electrons. The Kier molecular flexibility index (Phi) is 4.96. The minimum atomic E-state index is -0.853. The third kappa shape index (κ3) is 3.35. The lowest BCUT2D eigenvalue weighted by Crippen LogP contribution is -2.47. The van der Waals surface area contributed by atoms with Gasteiger partial charge < -0.3 is 10.0 Å². The van der Waals surface area contributed by atoms with Crippen LogP contribution in [0.15, 0.2) is 24.3 Å². The molecule has 2 atom stereocenters. The fourth-order valence-electron chi connectivity index (χ4n) is 2.76. The van der Waals surface area contributed by atoms with E-state index in [1.54, 1.807) is 36.1 Å². The predicted octanol–water partition coefficient (Wildman–Crippen LogP) is 2.60. The van der Waals surface area contributed by atoms with E-state index in [0.29, 0.717) is 30.4 Å². The van der Waals surface area contributed by atoms with E-state index >= 15 is 0 Å². The second kappa shape index (κ2) is 6.73. The topological polar surface area (TPSA) is 74.7 Å². The van der Waals surface area contributed by atoms with Gasteiger partial charge in [0.1, 0.15) is 0 Å². The van der Waals surface area contributed by atoms with E-state index in [9.17, 15) is 14.4 Å². The van der Waals surface area contributed by atoms with Gasteiger partial charge in [-0.3, -0.25) is 14.4 Å². The Morgan fingerprint density at radius 3 is 2.27 bits per heavy atom. The van der Waals surface area contributed by atoms with Crippen LogP contribution in [0.2, 0.25) is 0 Å². The largest absolute Gasteiger partial charge is 0.481 e. The summed E-state index contributed by atoms with van der Waals surface area (Å²) in [6.45, 7) is 3.97. The molecule has 1 fully saturated rings. The van der Waals surface area contributed by atoms with E-state index in [4.69, 9.17) is 5.11 Å². The van der Waals surface area contributed by atoms with Gasteiger partial charge in [0.15, 0.2) is 5.78 Å². The summed E-state index contributed by atoms with van der Waals surface area (Å²) in [7, 11) is 0. The molecule has 0 spiro atoms. The van der Waals surface area contributed by atoms with Crippen LogP contribution in [0, 0.1) is 5.92 Å². The number of hydrogen-bond acceptors (Lipinski definition) is 3. The van der Waals surface area contributed by atoms with E-state index in [0.717, 1.165) is 0 Å². The van der Waals surface area contributed by atoms with Crippen LogP contribution < -0.4 is 0 Å². The summed E-state index contributed by atoms with van der Waals surface area (Å²) in [5.41, 5.74) is 1.08. The molecule has 2 unspecified atom stereocenters. The van der Waals surface area contributed by atoms with Crippen molar-refractivity contribution in [2.75, 3.05) is 6.54 Å². The molecule has 1 amide bonds. The van der Waals surface area contributed by atoms with Gasteiger partial charge in [-0.2, -0.15) is 0 Å². The van der Waals surface area contributed by atoms with E-state index in [2.05, 4.69) is 0 Å². The van der Waals surface area contributed by atoms with Crippen molar-refractivity contribution in [1.29, 1.82) is 0 Å². The van der Waals surface area contributed by atoms with Crippen molar-refractivity contribution in [2.24, 2.45) is 5.92 Å². The number of piperidine rings is 1. The minimum Gasteiger partial charge on any atom is -0.481 e. The standard InChI is InChI=1S/C17H21NO4/c1-3-15(19)12-6-8-13(9-7-12)16(20)18-10-14(17(21)22)5-4-11(18)2/h6-9,11,14H,3-5,10H2,1-2H3,(H,21,22). The molecule has 1 aromatic carbocycles. The van der Waals surface area contributed by atoms with Crippen molar-refractivity contribution < 1.29 is 19.5 Å². The Bertz CT molecular complexity index is 579. The summed E-state index contributed by atoms with van der Waals surface area (Å²) < 4.78 is 0. The summed E-state index contributed by atoms with van der Waals surface area (Å²) in [5.74, 6) is -1.49. The minimum absolute atomic E-state index is 0.0278. The van der Waals surface area contributed by atoms with Crippen molar-refractivity contribution in [3.05, 3.63) is 35.4 Å². The number of likely N-dealkylation sites (tertiary alicyclic amines) is 1. The van der Waals surface area contributed by atoms with Crippen molar-refractivity contribution >= 4 is 17.7 Å². The summed E-state index contributed by atoms with van der Waals surface area (Å²) in [4.78, 5) is 36.9. The average Bonchev–Trinajstić information content (AvgIpc) is 2.53. The molecule has 1 aliphatic rings. The maximum atomic E-state index is 12.6. The SMILES string of the molecule is CCC(=O)c1ccc(C(=O)N2CC(C(=O)O)CCC2C)cc1. The van der Waals surface area contributed by atoms with Crippen LogP contribution in [-0.2, 0) is 4.79 Å². The monoisotopic (exact) mass is 303 g/mol. The molecule has 5 heteroatoms. The van der Waals surface area contributed by atoms with Crippen molar-refractivity contribution in [2.45, 2.75) is 39.2 Å². The second-order valence-electron chi connectivity index (χ2n) is 5.77. The second-order valence-corrected chi connectivity index (χ2v) is 5.77. The number of hydrogen-bond donors (Lipinski definition) is 1. The van der Waals surface area contributed by atoms with Gasteiger partial charge in [0.2, 0.25) is 0 Å². The van der Waals surface area contributed by atoms with E-state index in [1.165, 1.54) is 0 Å². The zero-order chi connectivity index (χ0) is 16.3. The average molecular weight is 303 g/mol. The highest BCUT2D eigenvalue weighted by Gasteiger charge is 2.32.